The number of piperazine rings is 1. The standard InChI is InChI=1S/C28H34N4O3S/c1-21(30-28(34)27(33)29-15-14-22-10-12-24(35-2)13-11-22)26(25-9-6-20-36-25)32-18-16-31(17-19-32)23-7-4-3-5-8-23/h3-13,20-21,26H,14-19H2,1-2H3,(H,29,33)(H,30,34)/t21-,26+/m1/s1. The molecule has 1 aromatic heterocycles. The van der Waals surface area contributed by atoms with E-state index in [1.807, 2.05) is 43.3 Å². The number of hydrogen-bond donors (Lipinski definition) is 2. The number of methoxy groups -OCH3 is 1. The van der Waals surface area contributed by atoms with Crippen LogP contribution in [0.1, 0.15) is 23.4 Å². The number of para-hydroxylation sites is 1. The van der Waals surface area contributed by atoms with Crippen molar-refractivity contribution in [3.8, 4) is 5.75 Å². The summed E-state index contributed by atoms with van der Waals surface area (Å²) in [4.78, 5) is 31.2. The fourth-order valence-corrected chi connectivity index (χ4v) is 5.61. The van der Waals surface area contributed by atoms with Crippen molar-refractivity contribution in [2.24, 2.45) is 0 Å². The van der Waals surface area contributed by atoms with E-state index in [1.54, 1.807) is 18.4 Å². The molecule has 0 spiro atoms. The van der Waals surface area contributed by atoms with Crippen LogP contribution < -0.4 is 20.3 Å². The van der Waals surface area contributed by atoms with Crippen molar-refractivity contribution in [3.05, 3.63) is 82.6 Å². The van der Waals surface area contributed by atoms with E-state index in [0.717, 1.165) is 37.5 Å². The van der Waals surface area contributed by atoms with Gasteiger partial charge >= 0.3 is 11.8 Å². The summed E-state index contributed by atoms with van der Waals surface area (Å²) in [6.07, 6.45) is 0.641. The number of nitrogens with one attached hydrogen (secondary N) is 2. The highest BCUT2D eigenvalue weighted by Gasteiger charge is 2.31. The predicted octanol–water partition coefficient (Wildman–Crippen LogP) is 3.48. The minimum Gasteiger partial charge on any atom is -0.497 e. The van der Waals surface area contributed by atoms with Crippen LogP contribution in [0.15, 0.2) is 72.1 Å². The molecule has 3 aromatic rings. The molecule has 4 rings (SSSR count). The zero-order chi connectivity index (χ0) is 25.3. The first kappa shape index (κ1) is 25.7. The smallest absolute Gasteiger partial charge is 0.309 e. The molecule has 8 heteroatoms. The van der Waals surface area contributed by atoms with Crippen molar-refractivity contribution in [1.29, 1.82) is 0 Å². The first-order chi connectivity index (χ1) is 17.5. The summed E-state index contributed by atoms with van der Waals surface area (Å²) in [5, 5.41) is 7.76. The number of hydrogen-bond acceptors (Lipinski definition) is 6. The van der Waals surface area contributed by atoms with Gasteiger partial charge in [-0.1, -0.05) is 36.4 Å². The second-order valence-electron chi connectivity index (χ2n) is 8.93. The number of rotatable bonds is 9. The maximum absolute atomic E-state index is 12.7. The van der Waals surface area contributed by atoms with Crippen molar-refractivity contribution in [2.45, 2.75) is 25.4 Å². The van der Waals surface area contributed by atoms with Gasteiger partial charge in [0.15, 0.2) is 0 Å². The molecule has 1 aliphatic rings. The van der Waals surface area contributed by atoms with Gasteiger partial charge in [0.1, 0.15) is 5.75 Å². The average Bonchev–Trinajstić information content (AvgIpc) is 3.44. The molecule has 2 amide bonds. The maximum atomic E-state index is 12.7. The van der Waals surface area contributed by atoms with E-state index in [9.17, 15) is 9.59 Å². The number of benzene rings is 2. The second-order valence-corrected chi connectivity index (χ2v) is 9.91. The fourth-order valence-electron chi connectivity index (χ4n) is 4.64. The minimum atomic E-state index is -0.603. The molecule has 36 heavy (non-hydrogen) atoms. The topological polar surface area (TPSA) is 73.9 Å². The van der Waals surface area contributed by atoms with Crippen LogP contribution in [-0.4, -0.2) is 62.6 Å². The highest BCUT2D eigenvalue weighted by molar-refractivity contribution is 7.10. The number of amides is 2. The lowest BCUT2D eigenvalue weighted by Gasteiger charge is -2.42. The minimum absolute atomic E-state index is 0.0129. The second kappa shape index (κ2) is 12.6. The number of anilines is 1. The van der Waals surface area contributed by atoms with Crippen molar-refractivity contribution in [2.75, 3.05) is 44.7 Å². The molecule has 1 saturated heterocycles. The van der Waals surface area contributed by atoms with Crippen LogP contribution in [0.4, 0.5) is 5.69 Å². The summed E-state index contributed by atoms with van der Waals surface area (Å²) in [5.41, 5.74) is 2.30. The zero-order valence-electron chi connectivity index (χ0n) is 20.9. The molecule has 2 atom stereocenters. The van der Waals surface area contributed by atoms with E-state index in [-0.39, 0.29) is 12.1 Å². The van der Waals surface area contributed by atoms with Crippen molar-refractivity contribution < 1.29 is 14.3 Å². The monoisotopic (exact) mass is 506 g/mol. The van der Waals surface area contributed by atoms with Gasteiger partial charge in [-0.15, -0.1) is 11.3 Å². The molecule has 2 aromatic carbocycles. The lowest BCUT2D eigenvalue weighted by Crippen LogP contribution is -2.53. The van der Waals surface area contributed by atoms with Crippen LogP contribution >= 0.6 is 11.3 Å². The molecule has 0 bridgehead atoms. The summed E-state index contributed by atoms with van der Waals surface area (Å²) in [7, 11) is 1.63. The molecule has 2 heterocycles. The molecule has 1 fully saturated rings. The Kier molecular flexibility index (Phi) is 8.97. The van der Waals surface area contributed by atoms with Gasteiger partial charge in [-0.3, -0.25) is 14.5 Å². The van der Waals surface area contributed by atoms with Gasteiger partial charge in [0.25, 0.3) is 0 Å². The fraction of sp³-hybridized carbons (Fsp3) is 0.357. The first-order valence-corrected chi connectivity index (χ1v) is 13.2. The molecular formula is C28H34N4O3S. The Morgan fingerprint density at radius 3 is 2.31 bits per heavy atom. The van der Waals surface area contributed by atoms with Gasteiger partial charge < -0.3 is 20.3 Å². The Bertz CT molecular complexity index is 1100. The van der Waals surface area contributed by atoms with E-state index >= 15 is 0 Å². The van der Waals surface area contributed by atoms with E-state index in [0.29, 0.717) is 13.0 Å². The highest BCUT2D eigenvalue weighted by Crippen LogP contribution is 2.30. The molecule has 0 radical (unpaired) electrons. The van der Waals surface area contributed by atoms with Gasteiger partial charge in [0.05, 0.1) is 13.2 Å². The Morgan fingerprint density at radius 1 is 0.944 bits per heavy atom. The Hall–Kier alpha value is -3.36. The predicted molar refractivity (Wildman–Crippen MR) is 145 cm³/mol. The molecular weight excluding hydrogens is 472 g/mol. The number of carbonyl (C=O) groups excluding carboxylic acids is 2. The van der Waals surface area contributed by atoms with E-state index < -0.39 is 11.8 Å². The summed E-state index contributed by atoms with van der Waals surface area (Å²) in [6.45, 7) is 5.97. The third kappa shape index (κ3) is 6.65. The highest BCUT2D eigenvalue weighted by atomic mass is 32.1. The van der Waals surface area contributed by atoms with Crippen LogP contribution in [0.25, 0.3) is 0 Å². The third-order valence-electron chi connectivity index (χ3n) is 6.56. The van der Waals surface area contributed by atoms with Gasteiger partial charge in [0.2, 0.25) is 0 Å². The van der Waals surface area contributed by atoms with E-state index in [2.05, 4.69) is 56.1 Å². The number of carbonyl (C=O) groups is 2. The van der Waals surface area contributed by atoms with E-state index in [1.165, 1.54) is 10.6 Å². The Labute approximate surface area is 217 Å². The van der Waals surface area contributed by atoms with Gasteiger partial charge in [0, 0.05) is 49.3 Å². The molecule has 7 nitrogen and oxygen atoms in total. The first-order valence-electron chi connectivity index (χ1n) is 12.3. The van der Waals surface area contributed by atoms with Crippen molar-refractivity contribution in [3.63, 3.8) is 0 Å². The molecule has 0 unspecified atom stereocenters. The number of nitrogens with zero attached hydrogens (tertiary/aromatic N) is 2. The normalized spacial score (nSPS) is 15.7. The molecule has 190 valence electrons. The summed E-state index contributed by atoms with van der Waals surface area (Å²) in [6, 6.07) is 22.1. The molecule has 0 aliphatic carbocycles. The molecule has 2 N–H and O–H groups in total. The van der Waals surface area contributed by atoms with Crippen molar-refractivity contribution >= 4 is 28.8 Å². The molecule has 1 aliphatic heterocycles. The number of thiophene rings is 1. The van der Waals surface area contributed by atoms with Crippen LogP contribution in [0.5, 0.6) is 5.75 Å². The van der Waals surface area contributed by atoms with E-state index in [4.69, 9.17) is 4.74 Å². The lowest BCUT2D eigenvalue weighted by molar-refractivity contribution is -0.139. The van der Waals surface area contributed by atoms with Crippen LogP contribution in [0.2, 0.25) is 0 Å². The zero-order valence-corrected chi connectivity index (χ0v) is 21.7. The third-order valence-corrected chi connectivity index (χ3v) is 7.50. The maximum Gasteiger partial charge on any atom is 0.309 e. The largest absolute Gasteiger partial charge is 0.497 e. The molecule has 0 saturated carbocycles. The summed E-state index contributed by atoms with van der Waals surface area (Å²) < 4.78 is 5.17. The summed E-state index contributed by atoms with van der Waals surface area (Å²) >= 11 is 1.68. The van der Waals surface area contributed by atoms with Crippen LogP contribution in [0, 0.1) is 0 Å². The number of ether oxygens (including phenoxy) is 1. The lowest BCUT2D eigenvalue weighted by atomic mass is 10.0. The van der Waals surface area contributed by atoms with Crippen LogP contribution in [0.3, 0.4) is 0 Å². The van der Waals surface area contributed by atoms with Gasteiger partial charge in [-0.25, -0.2) is 0 Å². The Balaban J connectivity index is 1.31. The summed E-state index contributed by atoms with van der Waals surface area (Å²) in [5.74, 6) is -0.408. The average molecular weight is 507 g/mol. The van der Waals surface area contributed by atoms with Crippen molar-refractivity contribution in [1.82, 2.24) is 15.5 Å². The van der Waals surface area contributed by atoms with Crippen LogP contribution in [-0.2, 0) is 16.0 Å². The SMILES string of the molecule is COc1ccc(CCNC(=O)C(=O)N[C@H](C)[C@@H](c2cccs2)N2CCN(c3ccccc3)CC2)cc1. The quantitative estimate of drug-likeness (QED) is 0.435. The Morgan fingerprint density at radius 2 is 1.67 bits per heavy atom. The van der Waals surface area contributed by atoms with Gasteiger partial charge in [-0.05, 0) is 54.6 Å². The van der Waals surface area contributed by atoms with Gasteiger partial charge in [-0.2, -0.15) is 0 Å².